The molecule has 3 aromatic rings. The number of carbonyl (C=O) groups excluding carboxylic acids is 3. The molecular weight excluding hydrogens is 568 g/mol. The third-order valence-corrected chi connectivity index (χ3v) is 7.29. The number of ether oxygens (including phenoxy) is 1. The van der Waals surface area contributed by atoms with Crippen LogP contribution in [0.15, 0.2) is 84.9 Å². The van der Waals surface area contributed by atoms with Crippen molar-refractivity contribution >= 4 is 29.5 Å². The topological polar surface area (TPSA) is 117 Å². The van der Waals surface area contributed by atoms with E-state index in [2.05, 4.69) is 16.0 Å². The largest absolute Gasteiger partial charge is 0.434 e. The van der Waals surface area contributed by atoms with Gasteiger partial charge in [0.05, 0.1) is 12.6 Å². The van der Waals surface area contributed by atoms with Crippen molar-refractivity contribution in [1.29, 1.82) is 0 Å². The van der Waals surface area contributed by atoms with E-state index < -0.39 is 48.3 Å². The first-order chi connectivity index (χ1) is 20.2. The molecule has 0 radical (unpaired) electrons. The lowest BCUT2D eigenvalue weighted by Gasteiger charge is -2.29. The Morgan fingerprint density at radius 3 is 2.33 bits per heavy atom. The molecular formula is C31H32ClF2N3O5. The first-order valence-corrected chi connectivity index (χ1v) is 13.9. The van der Waals surface area contributed by atoms with Gasteiger partial charge in [-0.3, -0.25) is 9.59 Å². The van der Waals surface area contributed by atoms with Crippen LogP contribution in [-0.4, -0.2) is 48.2 Å². The molecule has 0 aromatic heterocycles. The molecule has 3 amide bonds. The van der Waals surface area contributed by atoms with Crippen molar-refractivity contribution in [3.63, 3.8) is 0 Å². The van der Waals surface area contributed by atoms with Crippen LogP contribution in [0.3, 0.4) is 0 Å². The van der Waals surface area contributed by atoms with Crippen LogP contribution in [0.5, 0.6) is 0 Å². The van der Waals surface area contributed by atoms with Crippen LogP contribution in [0.4, 0.5) is 13.6 Å². The van der Waals surface area contributed by atoms with Crippen LogP contribution < -0.4 is 16.0 Å². The van der Waals surface area contributed by atoms with Gasteiger partial charge in [-0.15, -0.1) is 0 Å². The van der Waals surface area contributed by atoms with E-state index in [0.717, 1.165) is 6.07 Å². The Labute approximate surface area is 247 Å². The lowest BCUT2D eigenvalue weighted by molar-refractivity contribution is -0.127. The van der Waals surface area contributed by atoms with Crippen molar-refractivity contribution < 1.29 is 33.0 Å². The van der Waals surface area contributed by atoms with Crippen LogP contribution in [0, 0.1) is 5.92 Å². The minimum absolute atomic E-state index is 0.0184. The molecule has 42 heavy (non-hydrogen) atoms. The highest BCUT2D eigenvalue weighted by Gasteiger charge is 2.46. The summed E-state index contributed by atoms with van der Waals surface area (Å²) in [6.07, 6.45) is -2.48. The van der Waals surface area contributed by atoms with E-state index in [1.807, 2.05) is 0 Å². The van der Waals surface area contributed by atoms with Gasteiger partial charge in [-0.25, -0.2) is 4.79 Å². The summed E-state index contributed by atoms with van der Waals surface area (Å²) in [6.45, 7) is 0.0853. The first kappa shape index (κ1) is 30.9. The second kappa shape index (κ2) is 14.2. The Morgan fingerprint density at radius 1 is 1.02 bits per heavy atom. The number of halogens is 3. The molecule has 1 heterocycles. The van der Waals surface area contributed by atoms with Crippen molar-refractivity contribution in [2.45, 2.75) is 43.4 Å². The summed E-state index contributed by atoms with van der Waals surface area (Å²) in [4.78, 5) is 38.5. The van der Waals surface area contributed by atoms with Gasteiger partial charge in [0.2, 0.25) is 11.8 Å². The molecule has 1 aliphatic rings. The molecule has 0 aliphatic carbocycles. The zero-order valence-electron chi connectivity index (χ0n) is 22.6. The predicted octanol–water partition coefficient (Wildman–Crippen LogP) is 4.51. The fourth-order valence-corrected chi connectivity index (χ4v) is 5.05. The van der Waals surface area contributed by atoms with Crippen LogP contribution in [0.2, 0.25) is 5.02 Å². The number of aliphatic hydroxyl groups is 1. The molecule has 1 saturated heterocycles. The number of benzene rings is 3. The maximum absolute atomic E-state index is 15.8. The summed E-state index contributed by atoms with van der Waals surface area (Å²) in [5.74, 6) is -4.86. The predicted molar refractivity (Wildman–Crippen MR) is 153 cm³/mol. The molecule has 222 valence electrons. The molecule has 1 aliphatic heterocycles. The van der Waals surface area contributed by atoms with Gasteiger partial charge in [-0.1, -0.05) is 84.4 Å². The fraction of sp³-hybridized carbons (Fsp3) is 0.323. The lowest BCUT2D eigenvalue weighted by Crippen LogP contribution is -2.52. The molecule has 4 rings (SSSR count). The van der Waals surface area contributed by atoms with Crippen molar-refractivity contribution in [2.24, 2.45) is 5.92 Å². The highest BCUT2D eigenvalue weighted by atomic mass is 35.5. The number of carbonyl (C=O) groups is 3. The highest BCUT2D eigenvalue weighted by molar-refractivity contribution is 6.30. The van der Waals surface area contributed by atoms with Gasteiger partial charge >= 0.3 is 12.0 Å². The van der Waals surface area contributed by atoms with Crippen molar-refractivity contribution in [2.75, 3.05) is 13.2 Å². The Balaban J connectivity index is 1.54. The third kappa shape index (κ3) is 8.04. The molecule has 11 heteroatoms. The highest BCUT2D eigenvalue weighted by Crippen LogP contribution is 2.43. The monoisotopic (exact) mass is 599 g/mol. The van der Waals surface area contributed by atoms with Gasteiger partial charge in [-0.05, 0) is 36.1 Å². The number of alkyl carbamates (subject to hydrolysis) is 1. The van der Waals surface area contributed by atoms with Crippen LogP contribution in [-0.2, 0) is 26.7 Å². The van der Waals surface area contributed by atoms with Crippen molar-refractivity contribution in [1.82, 2.24) is 16.0 Å². The van der Waals surface area contributed by atoms with Gasteiger partial charge in [0.15, 0.2) is 6.10 Å². The van der Waals surface area contributed by atoms with E-state index in [4.69, 9.17) is 16.3 Å². The molecule has 0 spiro atoms. The van der Waals surface area contributed by atoms with Crippen LogP contribution in [0.25, 0.3) is 0 Å². The summed E-state index contributed by atoms with van der Waals surface area (Å²) < 4.78 is 37.0. The average Bonchev–Trinajstić information content (AvgIpc) is 3.39. The minimum Gasteiger partial charge on any atom is -0.434 e. The second-order valence-electron chi connectivity index (χ2n) is 10.1. The van der Waals surface area contributed by atoms with Crippen molar-refractivity contribution in [3.8, 4) is 0 Å². The standard InChI is InChI=1S/C31H32ClF2N3O5/c32-24-13-7-12-23(18-24)31(33,34)27(21-10-5-2-6-11-21)42-30(41)37-26(16-20-8-3-1-4-9-20)29(40)36-25(19-38)17-22-14-15-35-28(22)39/h1-13,18,22,25-27,38H,14-17,19H2,(H,35,39)(H,36,40)(H,37,41)/t22-,25-,26-,27+/m0/s1. The van der Waals surface area contributed by atoms with E-state index in [9.17, 15) is 19.5 Å². The van der Waals surface area contributed by atoms with Crippen LogP contribution >= 0.6 is 11.6 Å². The maximum Gasteiger partial charge on any atom is 0.408 e. The number of nitrogens with one attached hydrogen (secondary N) is 3. The molecule has 0 unspecified atom stereocenters. The molecule has 0 saturated carbocycles. The summed E-state index contributed by atoms with van der Waals surface area (Å²) in [5.41, 5.74) is 0.284. The quantitative estimate of drug-likeness (QED) is 0.244. The average molecular weight is 600 g/mol. The Bertz CT molecular complexity index is 1360. The van der Waals surface area contributed by atoms with E-state index in [1.165, 1.54) is 30.3 Å². The molecule has 0 bridgehead atoms. The number of rotatable bonds is 12. The van der Waals surface area contributed by atoms with Gasteiger partial charge in [0.1, 0.15) is 6.04 Å². The normalized spacial score (nSPS) is 17.0. The minimum atomic E-state index is -3.68. The first-order valence-electron chi connectivity index (χ1n) is 13.6. The number of hydrogen-bond acceptors (Lipinski definition) is 5. The van der Waals surface area contributed by atoms with E-state index in [0.29, 0.717) is 18.5 Å². The summed E-state index contributed by atoms with van der Waals surface area (Å²) in [6, 6.07) is 19.5. The molecule has 4 N–H and O–H groups in total. The van der Waals surface area contributed by atoms with Gasteiger partial charge < -0.3 is 25.8 Å². The zero-order valence-corrected chi connectivity index (χ0v) is 23.4. The summed E-state index contributed by atoms with van der Waals surface area (Å²) in [5, 5.41) is 17.8. The van der Waals surface area contributed by atoms with Crippen molar-refractivity contribution in [3.05, 3.63) is 107 Å². The molecule has 8 nitrogen and oxygen atoms in total. The van der Waals surface area contributed by atoms with E-state index in [1.54, 1.807) is 48.5 Å². The van der Waals surface area contributed by atoms with Gasteiger partial charge in [0, 0.05) is 29.5 Å². The summed E-state index contributed by atoms with van der Waals surface area (Å²) >= 11 is 5.97. The van der Waals surface area contributed by atoms with Gasteiger partial charge in [0.25, 0.3) is 0 Å². The summed E-state index contributed by atoms with van der Waals surface area (Å²) in [7, 11) is 0. The smallest absolute Gasteiger partial charge is 0.408 e. The molecule has 1 fully saturated rings. The fourth-order valence-electron chi connectivity index (χ4n) is 4.86. The lowest BCUT2D eigenvalue weighted by atomic mass is 9.97. The molecule has 3 aromatic carbocycles. The third-order valence-electron chi connectivity index (χ3n) is 7.06. The molecule has 4 atom stereocenters. The Morgan fingerprint density at radius 2 is 1.71 bits per heavy atom. The number of alkyl halides is 2. The van der Waals surface area contributed by atoms with E-state index >= 15 is 8.78 Å². The van der Waals surface area contributed by atoms with Crippen LogP contribution in [0.1, 0.15) is 35.6 Å². The zero-order chi connectivity index (χ0) is 30.1. The SMILES string of the molecule is O=C(N[C@@H](Cc1ccccc1)C(=O)N[C@H](CO)C[C@@H]1CCNC1=O)O[C@H](c1ccccc1)C(F)(F)c1cccc(Cl)c1. The Hall–Kier alpha value is -4.02. The maximum atomic E-state index is 15.8. The second-order valence-corrected chi connectivity index (χ2v) is 10.6. The number of amides is 3. The Kier molecular flexibility index (Phi) is 10.5. The number of aliphatic hydroxyl groups excluding tert-OH is 1. The van der Waals surface area contributed by atoms with Gasteiger partial charge in [-0.2, -0.15) is 8.78 Å². The van der Waals surface area contributed by atoms with E-state index in [-0.39, 0.29) is 35.3 Å². The number of hydrogen-bond donors (Lipinski definition) is 4.